The van der Waals surface area contributed by atoms with Crippen LogP contribution in [-0.2, 0) is 13.6 Å². The Morgan fingerprint density at radius 3 is 2.72 bits per heavy atom. The molecule has 1 aliphatic rings. The lowest BCUT2D eigenvalue weighted by Gasteiger charge is -2.33. The predicted molar refractivity (Wildman–Crippen MR) is 77.8 cm³/mol. The standard InChI is InChI=1S/C13H22N4S/c1-4-13(5-2)9-16-12(18-10-13)15-8-11-14-6-7-17(11)3/h6-7H,4-5,8-10H2,1-3H3,(H,15,16). The third-order valence-electron chi connectivity index (χ3n) is 3.89. The van der Waals surface area contributed by atoms with Gasteiger partial charge in [0.25, 0.3) is 0 Å². The van der Waals surface area contributed by atoms with E-state index in [1.54, 1.807) is 0 Å². The summed E-state index contributed by atoms with van der Waals surface area (Å²) in [6.07, 6.45) is 6.22. The van der Waals surface area contributed by atoms with Crippen LogP contribution in [0.4, 0.5) is 0 Å². The average molecular weight is 266 g/mol. The van der Waals surface area contributed by atoms with Gasteiger partial charge in [0.05, 0.1) is 6.54 Å². The molecule has 0 saturated carbocycles. The predicted octanol–water partition coefficient (Wildman–Crippen LogP) is 2.42. The Morgan fingerprint density at radius 2 is 2.22 bits per heavy atom. The number of thioether (sulfide) groups is 1. The van der Waals surface area contributed by atoms with Crippen molar-refractivity contribution in [3.63, 3.8) is 0 Å². The Balaban J connectivity index is 1.89. The quantitative estimate of drug-likeness (QED) is 0.910. The number of nitrogens with one attached hydrogen (secondary N) is 1. The fourth-order valence-electron chi connectivity index (χ4n) is 2.06. The summed E-state index contributed by atoms with van der Waals surface area (Å²) >= 11 is 1.85. The summed E-state index contributed by atoms with van der Waals surface area (Å²) in [6, 6.07) is 0. The van der Waals surface area contributed by atoms with Gasteiger partial charge in [-0.2, -0.15) is 0 Å². The number of aliphatic imine (C=N–C) groups is 1. The van der Waals surface area contributed by atoms with Gasteiger partial charge in [0.2, 0.25) is 0 Å². The second-order valence-electron chi connectivity index (χ2n) is 4.93. The first-order valence-electron chi connectivity index (χ1n) is 6.56. The number of imidazole rings is 1. The van der Waals surface area contributed by atoms with E-state index in [0.717, 1.165) is 24.1 Å². The van der Waals surface area contributed by atoms with E-state index in [1.807, 2.05) is 35.8 Å². The molecule has 100 valence electrons. The summed E-state index contributed by atoms with van der Waals surface area (Å²) in [5.41, 5.74) is 0.416. The lowest BCUT2D eigenvalue weighted by molar-refractivity contribution is 0.318. The van der Waals surface area contributed by atoms with E-state index in [9.17, 15) is 0 Å². The SMILES string of the molecule is CCC1(CC)CN=C(NCc2nccn2C)SC1. The molecule has 0 amide bonds. The van der Waals surface area contributed by atoms with Gasteiger partial charge in [-0.05, 0) is 18.3 Å². The maximum Gasteiger partial charge on any atom is 0.156 e. The number of nitrogens with zero attached hydrogens (tertiary/aromatic N) is 3. The Hall–Kier alpha value is -0.970. The number of aromatic nitrogens is 2. The first-order valence-corrected chi connectivity index (χ1v) is 7.55. The third kappa shape index (κ3) is 2.88. The molecule has 2 rings (SSSR count). The number of hydrogen-bond acceptors (Lipinski definition) is 4. The summed E-state index contributed by atoms with van der Waals surface area (Å²) in [4.78, 5) is 8.98. The summed E-state index contributed by atoms with van der Waals surface area (Å²) in [7, 11) is 2.01. The van der Waals surface area contributed by atoms with Crippen LogP contribution in [0.3, 0.4) is 0 Å². The van der Waals surface area contributed by atoms with Crippen molar-refractivity contribution in [1.82, 2.24) is 14.9 Å². The van der Waals surface area contributed by atoms with Crippen molar-refractivity contribution in [2.75, 3.05) is 12.3 Å². The maximum absolute atomic E-state index is 4.69. The van der Waals surface area contributed by atoms with Gasteiger partial charge in [-0.1, -0.05) is 25.6 Å². The second-order valence-corrected chi connectivity index (χ2v) is 5.89. The number of hydrogen-bond donors (Lipinski definition) is 1. The summed E-state index contributed by atoms with van der Waals surface area (Å²) in [5, 5.41) is 4.45. The van der Waals surface area contributed by atoms with Gasteiger partial charge >= 0.3 is 0 Å². The zero-order chi connectivity index (χ0) is 13.0. The zero-order valence-electron chi connectivity index (χ0n) is 11.4. The highest BCUT2D eigenvalue weighted by Gasteiger charge is 2.29. The molecule has 0 saturated heterocycles. The van der Waals surface area contributed by atoms with Crippen LogP contribution in [0.15, 0.2) is 17.4 Å². The Morgan fingerprint density at radius 1 is 1.44 bits per heavy atom. The minimum Gasteiger partial charge on any atom is -0.358 e. The van der Waals surface area contributed by atoms with E-state index in [0.29, 0.717) is 5.41 Å². The molecule has 0 bridgehead atoms. The molecule has 0 atom stereocenters. The minimum absolute atomic E-state index is 0.416. The van der Waals surface area contributed by atoms with E-state index in [4.69, 9.17) is 0 Å². The van der Waals surface area contributed by atoms with Gasteiger partial charge in [0.1, 0.15) is 5.82 Å². The first kappa shape index (κ1) is 13.5. The van der Waals surface area contributed by atoms with Crippen molar-refractivity contribution in [3.8, 4) is 0 Å². The highest BCUT2D eigenvalue weighted by molar-refractivity contribution is 8.13. The normalized spacial score (nSPS) is 18.5. The van der Waals surface area contributed by atoms with E-state index >= 15 is 0 Å². The van der Waals surface area contributed by atoms with Crippen LogP contribution in [0.1, 0.15) is 32.5 Å². The van der Waals surface area contributed by atoms with Gasteiger partial charge in [0.15, 0.2) is 5.17 Å². The monoisotopic (exact) mass is 266 g/mol. The van der Waals surface area contributed by atoms with Crippen LogP contribution in [0.25, 0.3) is 0 Å². The first-order chi connectivity index (χ1) is 8.69. The topological polar surface area (TPSA) is 42.2 Å². The van der Waals surface area contributed by atoms with E-state index in [2.05, 4.69) is 29.1 Å². The lowest BCUT2D eigenvalue weighted by atomic mass is 9.84. The van der Waals surface area contributed by atoms with E-state index in [1.165, 1.54) is 18.6 Å². The summed E-state index contributed by atoms with van der Waals surface area (Å²) in [6.45, 7) is 6.24. The van der Waals surface area contributed by atoms with Gasteiger partial charge in [-0.25, -0.2) is 4.98 Å². The molecule has 5 heteroatoms. The molecule has 1 N–H and O–H groups in total. The fraction of sp³-hybridized carbons (Fsp3) is 0.692. The van der Waals surface area contributed by atoms with E-state index < -0.39 is 0 Å². The third-order valence-corrected chi connectivity index (χ3v) is 5.20. The fourth-order valence-corrected chi connectivity index (χ4v) is 3.33. The van der Waals surface area contributed by atoms with Crippen molar-refractivity contribution < 1.29 is 0 Å². The lowest BCUT2D eigenvalue weighted by Crippen LogP contribution is -2.34. The van der Waals surface area contributed by atoms with Gasteiger partial charge in [-0.15, -0.1) is 0 Å². The van der Waals surface area contributed by atoms with Crippen molar-refractivity contribution in [2.45, 2.75) is 33.2 Å². The highest BCUT2D eigenvalue weighted by atomic mass is 32.2. The largest absolute Gasteiger partial charge is 0.358 e. The van der Waals surface area contributed by atoms with Crippen LogP contribution in [-0.4, -0.2) is 27.0 Å². The van der Waals surface area contributed by atoms with Gasteiger partial charge in [-0.3, -0.25) is 4.99 Å². The number of amidine groups is 1. The molecular weight excluding hydrogens is 244 g/mol. The van der Waals surface area contributed by atoms with Crippen LogP contribution >= 0.6 is 11.8 Å². The number of aryl methyl sites for hydroxylation is 1. The van der Waals surface area contributed by atoms with Gasteiger partial charge in [0, 0.05) is 31.7 Å². The van der Waals surface area contributed by atoms with E-state index in [-0.39, 0.29) is 0 Å². The Bertz CT molecular complexity index is 420. The molecule has 0 unspecified atom stereocenters. The maximum atomic E-state index is 4.69. The van der Waals surface area contributed by atoms with Crippen LogP contribution in [0.5, 0.6) is 0 Å². The molecule has 1 aromatic heterocycles. The van der Waals surface area contributed by atoms with Crippen molar-refractivity contribution >= 4 is 16.9 Å². The molecule has 0 spiro atoms. The molecule has 0 radical (unpaired) electrons. The highest BCUT2D eigenvalue weighted by Crippen LogP contribution is 2.34. The molecule has 1 aromatic rings. The van der Waals surface area contributed by atoms with Crippen molar-refractivity contribution in [1.29, 1.82) is 0 Å². The minimum atomic E-state index is 0.416. The molecule has 0 aromatic carbocycles. The van der Waals surface area contributed by atoms with Crippen molar-refractivity contribution in [2.24, 2.45) is 17.5 Å². The summed E-state index contributed by atoms with van der Waals surface area (Å²) in [5.74, 6) is 2.22. The molecular formula is C13H22N4S. The van der Waals surface area contributed by atoms with Crippen molar-refractivity contribution in [3.05, 3.63) is 18.2 Å². The zero-order valence-corrected chi connectivity index (χ0v) is 12.3. The Labute approximate surface area is 113 Å². The second kappa shape index (κ2) is 5.78. The molecule has 18 heavy (non-hydrogen) atoms. The molecule has 1 aliphatic heterocycles. The van der Waals surface area contributed by atoms with Crippen LogP contribution in [0, 0.1) is 5.41 Å². The Kier molecular flexibility index (Phi) is 4.32. The molecule has 2 heterocycles. The van der Waals surface area contributed by atoms with Gasteiger partial charge < -0.3 is 9.88 Å². The molecule has 0 fully saturated rings. The molecule has 0 aliphatic carbocycles. The average Bonchev–Trinajstić information content (AvgIpc) is 2.83. The molecule has 4 nitrogen and oxygen atoms in total. The van der Waals surface area contributed by atoms with Crippen LogP contribution in [0.2, 0.25) is 0 Å². The number of rotatable bonds is 4. The summed E-state index contributed by atoms with van der Waals surface area (Å²) < 4.78 is 2.03. The smallest absolute Gasteiger partial charge is 0.156 e. The van der Waals surface area contributed by atoms with Crippen LogP contribution < -0.4 is 5.32 Å².